The summed E-state index contributed by atoms with van der Waals surface area (Å²) in [4.78, 5) is 0. The first-order valence-electron chi connectivity index (χ1n) is 0.447. The van der Waals surface area contributed by atoms with Gasteiger partial charge in [-0.05, 0) is 0 Å². The molecule has 0 N–H and O–H groups in total. The summed E-state index contributed by atoms with van der Waals surface area (Å²) >= 11 is 0. The molecule has 0 heterocycles. The fraction of sp³-hybridized carbons (Fsp3) is 0. The van der Waals surface area contributed by atoms with Gasteiger partial charge in [-0.25, -0.2) is 0 Å². The number of hydrogen-bond acceptors (Lipinski definition) is 2. The molecule has 0 aliphatic carbocycles. The van der Waals surface area contributed by atoms with Crippen molar-refractivity contribution in [2.24, 2.45) is 0 Å². The van der Waals surface area contributed by atoms with Crippen molar-refractivity contribution in [2.75, 3.05) is 0 Å². The van der Waals surface area contributed by atoms with Crippen LogP contribution in [-0.2, 0) is 39.4 Å². The molecule has 0 saturated carbocycles. The van der Waals surface area contributed by atoms with Gasteiger partial charge >= 0.3 is 39.4 Å². The minimum Gasteiger partial charge on any atom is -0.512 e. The molecule has 0 aromatic carbocycles. The fourth-order valence-electron chi connectivity index (χ4n) is 0. The Morgan fingerprint density at radius 3 is 0.833 bits per heavy atom. The smallest absolute Gasteiger partial charge is 0.512 e. The second-order valence-corrected chi connectivity index (χ2v) is 0. The molecule has 0 rings (SSSR count). The van der Waals surface area contributed by atoms with Crippen LogP contribution in [0.2, 0.25) is 0 Å². The number of hydrogen-bond donors (Lipinski definition) is 0. The van der Waals surface area contributed by atoms with Crippen LogP contribution in [0.1, 0.15) is 0 Å². The van der Waals surface area contributed by atoms with Crippen molar-refractivity contribution in [2.45, 2.75) is 0 Å². The Kier molecular flexibility index (Phi) is 9330. The van der Waals surface area contributed by atoms with Gasteiger partial charge in [-0.1, -0.05) is 0 Å². The van der Waals surface area contributed by atoms with Gasteiger partial charge in [0.2, 0.25) is 0 Å². The topological polar surface area (TPSA) is 47.6 Å². The molecule has 0 aliphatic rings. The van der Waals surface area contributed by atoms with Gasteiger partial charge in [0.15, 0.2) is 0 Å². The number of nitrogens with zero attached hydrogens (tertiary/aromatic N) is 2. The minimum absolute atomic E-state index is 0. The molecule has 2 nitrogen and oxygen atoms in total. The quantitative estimate of drug-likeness (QED) is 0.474. The molecule has 0 atom stereocenters. The van der Waals surface area contributed by atoms with Gasteiger partial charge in [-0.3, -0.25) is 0 Å². The van der Waals surface area contributed by atoms with E-state index in [0.717, 1.165) is 0 Å². The molecule has 0 bridgehead atoms. The van der Waals surface area contributed by atoms with E-state index >= 15 is 0 Å². The molecule has 0 amide bonds. The predicted octanol–water partition coefficient (Wildman–Crippen LogP) is 0.188. The maximum absolute atomic E-state index is 6.25. The maximum atomic E-state index is 6.25. The molecule has 0 radical (unpaired) electrons. The summed E-state index contributed by atoms with van der Waals surface area (Å²) in [6.07, 6.45) is 0. The second-order valence-electron chi connectivity index (χ2n) is 0. The molecule has 0 aliphatic heterocycles. The molecule has 0 spiro atoms. The van der Waals surface area contributed by atoms with Crippen LogP contribution in [0.15, 0.2) is 0 Å². The van der Waals surface area contributed by atoms with Crippen molar-refractivity contribution in [3.63, 3.8) is 0 Å². The molecular formula is C2AuFeN2+3. The number of rotatable bonds is 0. The van der Waals surface area contributed by atoms with Crippen molar-refractivity contribution < 1.29 is 39.4 Å². The van der Waals surface area contributed by atoms with Crippen LogP contribution in [-0.4, -0.2) is 0 Å². The van der Waals surface area contributed by atoms with Crippen LogP contribution in [0.25, 0.3) is 0 Å². The van der Waals surface area contributed by atoms with Crippen molar-refractivity contribution in [1.29, 1.82) is 10.5 Å². The van der Waals surface area contributed by atoms with Gasteiger partial charge in [0.05, 0.1) is 0 Å². The van der Waals surface area contributed by atoms with Gasteiger partial charge in [-0.2, -0.15) is 0 Å². The third kappa shape index (κ3) is 774. The third-order valence-electron chi connectivity index (χ3n) is 0. The average Bonchev–Trinajstić information content (AvgIpc) is 1.50. The maximum Gasteiger partial charge on any atom is 3.00 e. The Morgan fingerprint density at radius 1 is 0.833 bits per heavy atom. The zero-order valence-corrected chi connectivity index (χ0v) is 5.82. The van der Waals surface area contributed by atoms with Gasteiger partial charge in [0.25, 0.3) is 0 Å². The second kappa shape index (κ2) is 1640. The van der Waals surface area contributed by atoms with E-state index in [1.165, 1.54) is 0 Å². The molecule has 0 aromatic rings. The minimum atomic E-state index is 0. The first-order valence-corrected chi connectivity index (χ1v) is 0.447. The van der Waals surface area contributed by atoms with Crippen LogP contribution < -0.4 is 0 Å². The first-order chi connectivity index (χ1) is 2.00. The van der Waals surface area contributed by atoms with Crippen LogP contribution in [0.5, 0.6) is 0 Å². The van der Waals surface area contributed by atoms with Crippen LogP contribution >= 0.6 is 0 Å². The Morgan fingerprint density at radius 2 is 0.833 bits per heavy atom. The predicted molar refractivity (Wildman–Crippen MR) is 9.94 cm³/mol. The van der Waals surface area contributed by atoms with Crippen molar-refractivity contribution >= 4 is 0 Å². The van der Waals surface area contributed by atoms with E-state index in [4.69, 9.17) is 23.7 Å². The van der Waals surface area contributed by atoms with Gasteiger partial charge in [0.1, 0.15) is 0 Å². The van der Waals surface area contributed by atoms with E-state index in [9.17, 15) is 0 Å². The van der Waals surface area contributed by atoms with Crippen LogP contribution in [0, 0.1) is 23.7 Å². The van der Waals surface area contributed by atoms with E-state index in [2.05, 4.69) is 0 Å². The molecule has 0 aromatic heterocycles. The zero-order valence-electron chi connectivity index (χ0n) is 2.55. The van der Waals surface area contributed by atoms with E-state index in [1.54, 1.807) is 0 Å². The van der Waals surface area contributed by atoms with E-state index < -0.39 is 0 Å². The molecule has 0 unspecified atom stereocenters. The fourth-order valence-corrected chi connectivity index (χ4v) is 0. The standard InChI is InChI=1S/2CN.Au.Fe/c2*1-2;;/q2*-1;+3;+2. The normalized spacial score (nSPS) is 0.667. The van der Waals surface area contributed by atoms with Crippen LogP contribution in [0.3, 0.4) is 0 Å². The summed E-state index contributed by atoms with van der Waals surface area (Å²) in [5.41, 5.74) is 0. The molecule has 0 saturated heterocycles. The van der Waals surface area contributed by atoms with Gasteiger partial charge < -0.3 is 23.7 Å². The summed E-state index contributed by atoms with van der Waals surface area (Å²) in [5.74, 6) is 0. The third-order valence-corrected chi connectivity index (χ3v) is 0. The molecule has 4 heteroatoms. The first kappa shape index (κ1) is 34.2. The van der Waals surface area contributed by atoms with E-state index in [0.29, 0.717) is 0 Å². The van der Waals surface area contributed by atoms with Crippen LogP contribution in [0.4, 0.5) is 0 Å². The molecule has 0 fully saturated rings. The van der Waals surface area contributed by atoms with E-state index in [1.807, 2.05) is 0 Å². The Bertz CT molecular complexity index is 27.0. The summed E-state index contributed by atoms with van der Waals surface area (Å²) in [6.45, 7) is 9.50. The monoisotopic (exact) mass is 305 g/mol. The summed E-state index contributed by atoms with van der Waals surface area (Å²) in [6, 6.07) is 0. The molecule has 34 valence electrons. The van der Waals surface area contributed by atoms with Crippen molar-refractivity contribution in [3.8, 4) is 0 Å². The van der Waals surface area contributed by atoms with Gasteiger partial charge in [0, 0.05) is 0 Å². The molecular weight excluding hydrogens is 305 g/mol. The van der Waals surface area contributed by atoms with Crippen molar-refractivity contribution in [3.05, 3.63) is 13.1 Å². The van der Waals surface area contributed by atoms with E-state index in [-0.39, 0.29) is 39.4 Å². The van der Waals surface area contributed by atoms with Crippen molar-refractivity contribution in [1.82, 2.24) is 0 Å². The SMILES string of the molecule is [Au+3].[C-]#N.[C-]#N.[Fe+2]. The summed E-state index contributed by atoms with van der Waals surface area (Å²) in [5, 5.41) is 12.5. The Hall–Kier alpha value is 0.240. The molecule has 6 heavy (non-hydrogen) atoms. The Balaban J connectivity index is -0.00000000500. The summed E-state index contributed by atoms with van der Waals surface area (Å²) < 4.78 is 0. The average molecular weight is 305 g/mol. The largest absolute Gasteiger partial charge is 3.00 e. The zero-order chi connectivity index (χ0) is 4.00. The Labute approximate surface area is 63.1 Å². The van der Waals surface area contributed by atoms with Gasteiger partial charge in [-0.15, -0.1) is 0 Å². The summed E-state index contributed by atoms with van der Waals surface area (Å²) in [7, 11) is 0.